The maximum atomic E-state index is 12.1. The predicted molar refractivity (Wildman–Crippen MR) is 70.9 cm³/mol. The molecule has 0 N–H and O–H groups in total. The fourth-order valence-corrected chi connectivity index (χ4v) is 1.88. The molecule has 0 aliphatic heterocycles. The number of nitrogens with zero attached hydrogens (tertiary/aromatic N) is 1. The van der Waals surface area contributed by atoms with Crippen LogP contribution in [0.4, 0.5) is 5.69 Å². The maximum Gasteiger partial charge on any atom is 0.352 e. The molecular weight excluding hydrogens is 262 g/mol. The minimum absolute atomic E-state index is 0.00357. The number of nitro groups is 1. The number of rotatable bonds is 4. The van der Waals surface area contributed by atoms with Crippen molar-refractivity contribution in [3.05, 3.63) is 39.9 Å². The number of benzene rings is 1. The molecule has 0 spiro atoms. The first-order valence-corrected chi connectivity index (χ1v) is 6.40. The van der Waals surface area contributed by atoms with Gasteiger partial charge in [0.2, 0.25) is 0 Å². The summed E-state index contributed by atoms with van der Waals surface area (Å²) in [4.78, 5) is 32.2. The normalized spacial score (nSPS) is 16.6. The molecule has 20 heavy (non-hydrogen) atoms. The molecule has 1 saturated carbocycles. The quantitative estimate of drug-likeness (QED) is 0.481. The van der Waals surface area contributed by atoms with Crippen molar-refractivity contribution in [2.45, 2.75) is 44.6 Å². The van der Waals surface area contributed by atoms with Gasteiger partial charge in [0.15, 0.2) is 0 Å². The minimum atomic E-state index is -0.708. The van der Waals surface area contributed by atoms with E-state index in [2.05, 4.69) is 0 Å². The summed E-state index contributed by atoms with van der Waals surface area (Å²) in [6.45, 7) is 5.35. The zero-order valence-electron chi connectivity index (χ0n) is 11.7. The summed E-state index contributed by atoms with van der Waals surface area (Å²) in [5.41, 5.74) is -0.545. The molecule has 0 heterocycles. The molecule has 1 aliphatic carbocycles. The molecule has 0 amide bonds. The van der Waals surface area contributed by atoms with Gasteiger partial charge in [-0.05, 0) is 39.2 Å². The van der Waals surface area contributed by atoms with Crippen LogP contribution in [-0.2, 0) is 20.0 Å². The van der Waals surface area contributed by atoms with Crippen molar-refractivity contribution in [3.8, 4) is 0 Å². The average Bonchev–Trinajstić information content (AvgIpc) is 3.16. The Kier molecular flexibility index (Phi) is 3.52. The fraction of sp³-hybridized carbons (Fsp3) is 0.500. The van der Waals surface area contributed by atoms with Gasteiger partial charge in [-0.1, -0.05) is 12.1 Å². The highest BCUT2D eigenvalue weighted by Crippen LogP contribution is 2.49. The molecular formula is C14H17NO5. The molecule has 6 heteroatoms. The van der Waals surface area contributed by atoms with Gasteiger partial charge in [0, 0.05) is 12.1 Å². The second-order valence-corrected chi connectivity index (χ2v) is 5.95. The van der Waals surface area contributed by atoms with Gasteiger partial charge < -0.3 is 0 Å². The largest absolute Gasteiger partial charge is 0.352 e. The van der Waals surface area contributed by atoms with Crippen LogP contribution in [0.2, 0.25) is 0 Å². The van der Waals surface area contributed by atoms with Gasteiger partial charge in [0.05, 0.1) is 10.3 Å². The molecule has 1 fully saturated rings. The van der Waals surface area contributed by atoms with Crippen LogP contribution >= 0.6 is 0 Å². The van der Waals surface area contributed by atoms with Crippen molar-refractivity contribution in [1.29, 1.82) is 0 Å². The van der Waals surface area contributed by atoms with E-state index < -0.39 is 21.9 Å². The van der Waals surface area contributed by atoms with E-state index in [4.69, 9.17) is 9.78 Å². The Labute approximate surface area is 116 Å². The van der Waals surface area contributed by atoms with E-state index in [9.17, 15) is 14.9 Å². The van der Waals surface area contributed by atoms with Gasteiger partial charge >= 0.3 is 5.97 Å². The van der Waals surface area contributed by atoms with Gasteiger partial charge in [0.1, 0.15) is 5.60 Å². The van der Waals surface area contributed by atoms with Crippen molar-refractivity contribution < 1.29 is 19.5 Å². The van der Waals surface area contributed by atoms with E-state index >= 15 is 0 Å². The summed E-state index contributed by atoms with van der Waals surface area (Å²) in [5.74, 6) is -0.443. The number of carbonyl (C=O) groups is 1. The second kappa shape index (κ2) is 4.86. The maximum absolute atomic E-state index is 12.1. The number of carbonyl (C=O) groups excluding carboxylic acids is 1. The third-order valence-electron chi connectivity index (χ3n) is 3.14. The van der Waals surface area contributed by atoms with Gasteiger partial charge in [0.25, 0.3) is 5.69 Å². The lowest BCUT2D eigenvalue weighted by molar-refractivity contribution is -0.384. The summed E-state index contributed by atoms with van der Waals surface area (Å²) in [5, 5.41) is 10.6. The van der Waals surface area contributed by atoms with E-state index in [0.29, 0.717) is 12.8 Å². The first kappa shape index (κ1) is 14.5. The highest BCUT2D eigenvalue weighted by Gasteiger charge is 2.54. The van der Waals surface area contributed by atoms with Crippen LogP contribution in [0.15, 0.2) is 24.3 Å². The van der Waals surface area contributed by atoms with Crippen LogP contribution in [0, 0.1) is 10.1 Å². The average molecular weight is 279 g/mol. The Balaban J connectivity index is 2.10. The molecule has 0 atom stereocenters. The summed E-state index contributed by atoms with van der Waals surface area (Å²) < 4.78 is 0. The van der Waals surface area contributed by atoms with Gasteiger partial charge in [-0.25, -0.2) is 4.79 Å². The third-order valence-corrected chi connectivity index (χ3v) is 3.14. The van der Waals surface area contributed by atoms with Crippen LogP contribution in [0.1, 0.15) is 39.2 Å². The Morgan fingerprint density at radius 2 is 1.80 bits per heavy atom. The highest BCUT2D eigenvalue weighted by molar-refractivity contribution is 5.86. The topological polar surface area (TPSA) is 78.7 Å². The summed E-state index contributed by atoms with van der Waals surface area (Å²) in [7, 11) is 0. The van der Waals surface area contributed by atoms with Crippen LogP contribution < -0.4 is 0 Å². The number of hydrogen-bond donors (Lipinski definition) is 0. The zero-order chi connectivity index (χ0) is 15.0. The second-order valence-electron chi connectivity index (χ2n) is 5.95. The smallest absolute Gasteiger partial charge is 0.297 e. The van der Waals surface area contributed by atoms with Gasteiger partial charge in [-0.2, -0.15) is 4.89 Å². The Morgan fingerprint density at radius 3 is 2.20 bits per heavy atom. The summed E-state index contributed by atoms with van der Waals surface area (Å²) >= 11 is 0. The van der Waals surface area contributed by atoms with Crippen molar-refractivity contribution >= 4 is 11.7 Å². The van der Waals surface area contributed by atoms with Crippen molar-refractivity contribution in [3.63, 3.8) is 0 Å². The van der Waals surface area contributed by atoms with Crippen LogP contribution in [0.3, 0.4) is 0 Å². The Bertz CT molecular complexity index is 525. The molecule has 108 valence electrons. The predicted octanol–water partition coefficient (Wildman–Crippen LogP) is 2.90. The molecule has 1 aromatic rings. The van der Waals surface area contributed by atoms with Gasteiger partial charge in [-0.3, -0.25) is 15.0 Å². The van der Waals surface area contributed by atoms with Crippen molar-refractivity contribution in [2.24, 2.45) is 0 Å². The molecule has 0 saturated heterocycles. The summed E-state index contributed by atoms with van der Waals surface area (Å²) in [6, 6.07) is 5.99. The molecule has 2 rings (SSSR count). The van der Waals surface area contributed by atoms with E-state index in [-0.39, 0.29) is 5.69 Å². The van der Waals surface area contributed by atoms with Gasteiger partial charge in [-0.15, -0.1) is 0 Å². The molecule has 0 unspecified atom stereocenters. The molecule has 6 nitrogen and oxygen atoms in total. The standard InChI is InChI=1S/C14H17NO5/c1-13(2,3)20-19-12(16)14(8-9-14)10-4-6-11(7-5-10)15(17)18/h4-7H,8-9H2,1-3H3. The lowest BCUT2D eigenvalue weighted by Crippen LogP contribution is -2.28. The molecule has 1 aromatic carbocycles. The van der Waals surface area contributed by atoms with Crippen LogP contribution in [-0.4, -0.2) is 16.5 Å². The number of nitro benzene ring substituents is 1. The van der Waals surface area contributed by atoms with Crippen molar-refractivity contribution in [2.75, 3.05) is 0 Å². The third kappa shape index (κ3) is 2.96. The monoisotopic (exact) mass is 279 g/mol. The fourth-order valence-electron chi connectivity index (χ4n) is 1.88. The SMILES string of the molecule is CC(C)(C)OOC(=O)C1(c2ccc([N+](=O)[O-])cc2)CC1. The summed E-state index contributed by atoms with van der Waals surface area (Å²) in [6.07, 6.45) is 1.33. The van der Waals surface area contributed by atoms with E-state index in [0.717, 1.165) is 5.56 Å². The minimum Gasteiger partial charge on any atom is -0.297 e. The zero-order valence-corrected chi connectivity index (χ0v) is 11.7. The number of hydrogen-bond acceptors (Lipinski definition) is 5. The highest BCUT2D eigenvalue weighted by atomic mass is 17.2. The lowest BCUT2D eigenvalue weighted by Gasteiger charge is -2.19. The van der Waals surface area contributed by atoms with E-state index in [1.165, 1.54) is 12.1 Å². The van der Waals surface area contributed by atoms with Crippen LogP contribution in [0.5, 0.6) is 0 Å². The van der Waals surface area contributed by atoms with Crippen molar-refractivity contribution in [1.82, 2.24) is 0 Å². The Hall–Kier alpha value is -1.95. The van der Waals surface area contributed by atoms with E-state index in [1.54, 1.807) is 32.9 Å². The molecule has 0 radical (unpaired) electrons. The van der Waals surface area contributed by atoms with Crippen LogP contribution in [0.25, 0.3) is 0 Å². The number of non-ortho nitro benzene ring substituents is 1. The first-order chi connectivity index (χ1) is 9.24. The lowest BCUT2D eigenvalue weighted by atomic mass is 9.96. The Morgan fingerprint density at radius 1 is 1.25 bits per heavy atom. The molecule has 1 aliphatic rings. The molecule has 0 aromatic heterocycles. The van der Waals surface area contributed by atoms with E-state index in [1.807, 2.05) is 0 Å². The first-order valence-electron chi connectivity index (χ1n) is 6.40. The molecule has 0 bridgehead atoms.